The van der Waals surface area contributed by atoms with E-state index >= 15 is 0 Å². The second-order valence-corrected chi connectivity index (χ2v) is 7.00. The molecule has 3 N–H and O–H groups in total. The first-order valence-electron chi connectivity index (χ1n) is 7.84. The summed E-state index contributed by atoms with van der Waals surface area (Å²) in [7, 11) is 1.15. The van der Waals surface area contributed by atoms with Gasteiger partial charge < -0.3 is 11.1 Å². The standard InChI is InChI=1S/C16H12F5N5O2S/c1-5-3-6(12(17)18)23-15-9(5)10(11(29-15)13(22)27)24-14(28)7-4-8(16(19,20)21)25-26(7)2/h3-4,12H,1-2H3,(H2,22,27)(H,24,28). The number of anilines is 1. The van der Waals surface area contributed by atoms with Gasteiger partial charge in [0, 0.05) is 18.5 Å². The quantitative estimate of drug-likeness (QED) is 0.613. The van der Waals surface area contributed by atoms with Crippen LogP contribution in [0.3, 0.4) is 0 Å². The Morgan fingerprint density at radius 2 is 1.93 bits per heavy atom. The Morgan fingerprint density at radius 3 is 2.45 bits per heavy atom. The van der Waals surface area contributed by atoms with Crippen molar-refractivity contribution in [2.24, 2.45) is 12.8 Å². The molecule has 2 amide bonds. The minimum absolute atomic E-state index is 0.0328. The Morgan fingerprint density at radius 1 is 1.28 bits per heavy atom. The van der Waals surface area contributed by atoms with Crippen molar-refractivity contribution in [1.82, 2.24) is 14.8 Å². The summed E-state index contributed by atoms with van der Waals surface area (Å²) in [5, 5.41) is 5.78. The van der Waals surface area contributed by atoms with Crippen LogP contribution in [0.15, 0.2) is 12.1 Å². The van der Waals surface area contributed by atoms with Gasteiger partial charge in [-0.15, -0.1) is 11.3 Å². The zero-order chi connectivity index (χ0) is 21.7. The average molecular weight is 433 g/mol. The van der Waals surface area contributed by atoms with E-state index in [-0.39, 0.29) is 26.3 Å². The number of nitrogens with two attached hydrogens (primary N) is 1. The molecule has 3 heterocycles. The maximum absolute atomic E-state index is 13.0. The molecule has 0 aromatic carbocycles. The van der Waals surface area contributed by atoms with Crippen LogP contribution in [0.25, 0.3) is 10.2 Å². The number of carbonyl (C=O) groups excluding carboxylic acids is 2. The van der Waals surface area contributed by atoms with E-state index in [1.54, 1.807) is 0 Å². The molecule has 3 aromatic heterocycles. The van der Waals surface area contributed by atoms with Gasteiger partial charge in [0.25, 0.3) is 18.2 Å². The zero-order valence-corrected chi connectivity index (χ0v) is 15.6. The number of aromatic nitrogens is 3. The Labute approximate surface area is 163 Å². The van der Waals surface area contributed by atoms with Crippen molar-refractivity contribution in [2.75, 3.05) is 5.32 Å². The fraction of sp³-hybridized carbons (Fsp3) is 0.250. The van der Waals surface area contributed by atoms with Crippen LogP contribution in [0.4, 0.5) is 27.6 Å². The van der Waals surface area contributed by atoms with Crippen LogP contribution in [0.1, 0.15) is 43.5 Å². The SMILES string of the molecule is Cc1cc(C(F)F)nc2sc(C(N)=O)c(NC(=O)c3cc(C(F)(F)F)nn3C)c12. The van der Waals surface area contributed by atoms with E-state index in [9.17, 15) is 31.5 Å². The van der Waals surface area contributed by atoms with E-state index in [0.29, 0.717) is 17.4 Å². The predicted octanol–water partition coefficient (Wildman–Crippen LogP) is 3.65. The Bertz CT molecular complexity index is 1140. The van der Waals surface area contributed by atoms with Crippen molar-refractivity contribution < 1.29 is 31.5 Å². The minimum atomic E-state index is -4.75. The molecule has 0 saturated heterocycles. The Kier molecular flexibility index (Phi) is 5.03. The van der Waals surface area contributed by atoms with Crippen molar-refractivity contribution in [1.29, 1.82) is 0 Å². The highest BCUT2D eigenvalue weighted by atomic mass is 32.1. The molecular weight excluding hydrogens is 421 g/mol. The van der Waals surface area contributed by atoms with E-state index in [4.69, 9.17) is 5.73 Å². The second-order valence-electron chi connectivity index (χ2n) is 6.01. The number of thiophene rings is 1. The van der Waals surface area contributed by atoms with Gasteiger partial charge in [-0.1, -0.05) is 0 Å². The third-order valence-corrected chi connectivity index (χ3v) is 5.07. The number of aryl methyl sites for hydroxylation is 2. The zero-order valence-electron chi connectivity index (χ0n) is 14.8. The molecule has 29 heavy (non-hydrogen) atoms. The van der Waals surface area contributed by atoms with Gasteiger partial charge in [0.15, 0.2) is 5.69 Å². The van der Waals surface area contributed by atoms with Crippen LogP contribution in [0, 0.1) is 6.92 Å². The fourth-order valence-corrected chi connectivity index (χ4v) is 3.77. The van der Waals surface area contributed by atoms with Gasteiger partial charge in [0.2, 0.25) is 0 Å². The molecule has 13 heteroatoms. The molecule has 0 spiro atoms. The van der Waals surface area contributed by atoms with Gasteiger partial charge in [0.05, 0.1) is 5.69 Å². The molecule has 0 saturated carbocycles. The van der Waals surface area contributed by atoms with E-state index in [0.717, 1.165) is 17.8 Å². The molecule has 7 nitrogen and oxygen atoms in total. The van der Waals surface area contributed by atoms with Gasteiger partial charge in [-0.25, -0.2) is 13.8 Å². The van der Waals surface area contributed by atoms with Crippen LogP contribution in [-0.2, 0) is 13.2 Å². The summed E-state index contributed by atoms with van der Waals surface area (Å²) >= 11 is 0.692. The van der Waals surface area contributed by atoms with E-state index in [1.165, 1.54) is 6.92 Å². The molecule has 0 atom stereocenters. The number of nitrogens with one attached hydrogen (secondary N) is 1. The summed E-state index contributed by atoms with van der Waals surface area (Å²) < 4.78 is 65.2. The van der Waals surface area contributed by atoms with Crippen molar-refractivity contribution in [3.8, 4) is 0 Å². The first-order valence-corrected chi connectivity index (χ1v) is 8.66. The smallest absolute Gasteiger partial charge is 0.365 e. The number of nitrogens with zero attached hydrogens (tertiary/aromatic N) is 3. The molecule has 154 valence electrons. The van der Waals surface area contributed by atoms with Gasteiger partial charge in [-0.2, -0.15) is 18.3 Å². The third-order valence-electron chi connectivity index (χ3n) is 3.97. The van der Waals surface area contributed by atoms with Gasteiger partial charge in [-0.3, -0.25) is 14.3 Å². The third kappa shape index (κ3) is 3.77. The van der Waals surface area contributed by atoms with Crippen LogP contribution >= 0.6 is 11.3 Å². The second kappa shape index (κ2) is 7.06. The number of halogens is 5. The van der Waals surface area contributed by atoms with Gasteiger partial charge >= 0.3 is 6.18 Å². The monoisotopic (exact) mass is 433 g/mol. The lowest BCUT2D eigenvalue weighted by Crippen LogP contribution is -2.19. The number of primary amides is 1. The number of amides is 2. The molecule has 0 fully saturated rings. The summed E-state index contributed by atoms with van der Waals surface area (Å²) in [4.78, 5) is 28.0. The predicted molar refractivity (Wildman–Crippen MR) is 94.0 cm³/mol. The first-order chi connectivity index (χ1) is 13.4. The van der Waals surface area contributed by atoms with E-state index < -0.39 is 41.5 Å². The number of fused-ring (bicyclic) bond motifs is 1. The van der Waals surface area contributed by atoms with E-state index in [1.807, 2.05) is 0 Å². The normalized spacial score (nSPS) is 12.0. The molecular formula is C16H12F5N5O2S. The molecule has 0 bridgehead atoms. The Balaban J connectivity index is 2.10. The lowest BCUT2D eigenvalue weighted by Gasteiger charge is -2.08. The Hall–Kier alpha value is -3.09. The van der Waals surface area contributed by atoms with Gasteiger partial charge in [0.1, 0.15) is 21.1 Å². The van der Waals surface area contributed by atoms with Crippen molar-refractivity contribution in [2.45, 2.75) is 19.5 Å². The maximum Gasteiger partial charge on any atom is 0.435 e. The molecule has 0 unspecified atom stereocenters. The number of alkyl halides is 5. The highest BCUT2D eigenvalue weighted by Crippen LogP contribution is 2.38. The summed E-state index contributed by atoms with van der Waals surface area (Å²) in [5.41, 5.74) is 3.27. The number of rotatable bonds is 4. The van der Waals surface area contributed by atoms with Gasteiger partial charge in [-0.05, 0) is 18.6 Å². The molecule has 0 aliphatic heterocycles. The lowest BCUT2D eigenvalue weighted by atomic mass is 10.1. The molecule has 3 aromatic rings. The summed E-state index contributed by atoms with van der Waals surface area (Å²) in [5.74, 6) is -1.95. The van der Waals surface area contributed by atoms with Crippen molar-refractivity contribution >= 4 is 39.1 Å². The molecule has 3 rings (SSSR count). The fourth-order valence-electron chi connectivity index (χ4n) is 2.71. The van der Waals surface area contributed by atoms with Crippen LogP contribution < -0.4 is 11.1 Å². The van der Waals surface area contributed by atoms with Crippen molar-refractivity contribution in [3.63, 3.8) is 0 Å². The number of pyridine rings is 1. The number of hydrogen-bond acceptors (Lipinski definition) is 5. The van der Waals surface area contributed by atoms with Crippen LogP contribution in [-0.4, -0.2) is 26.6 Å². The summed E-state index contributed by atoms with van der Waals surface area (Å²) in [6, 6.07) is 1.64. The first kappa shape index (κ1) is 20.6. The minimum Gasteiger partial charge on any atom is -0.365 e. The van der Waals surface area contributed by atoms with Crippen LogP contribution in [0.5, 0.6) is 0 Å². The highest BCUT2D eigenvalue weighted by Gasteiger charge is 2.35. The van der Waals surface area contributed by atoms with E-state index in [2.05, 4.69) is 15.4 Å². The summed E-state index contributed by atoms with van der Waals surface area (Å²) in [6.45, 7) is 1.47. The molecule has 0 radical (unpaired) electrons. The maximum atomic E-state index is 13.0. The van der Waals surface area contributed by atoms with Crippen LogP contribution in [0.2, 0.25) is 0 Å². The molecule has 0 aliphatic rings. The largest absolute Gasteiger partial charge is 0.435 e. The topological polar surface area (TPSA) is 103 Å². The highest BCUT2D eigenvalue weighted by molar-refractivity contribution is 7.21. The number of hydrogen-bond donors (Lipinski definition) is 2. The summed E-state index contributed by atoms with van der Waals surface area (Å²) in [6.07, 6.45) is -7.61. The molecule has 0 aliphatic carbocycles. The number of carbonyl (C=O) groups is 2. The average Bonchev–Trinajstić information content (AvgIpc) is 3.16. The van der Waals surface area contributed by atoms with Crippen molar-refractivity contribution in [3.05, 3.63) is 39.7 Å². The lowest BCUT2D eigenvalue weighted by molar-refractivity contribution is -0.141.